The number of hydrogen-bond acceptors (Lipinski definition) is 8. The number of carbonyl (C=O) groups excluding carboxylic acids is 2. The lowest BCUT2D eigenvalue weighted by atomic mass is 10.1. The van der Waals surface area contributed by atoms with Gasteiger partial charge in [-0.15, -0.1) is 0 Å². The number of nitrogens with one attached hydrogen (secondary N) is 1. The Hall–Kier alpha value is -3.10. The van der Waals surface area contributed by atoms with Gasteiger partial charge < -0.3 is 19.9 Å². The Morgan fingerprint density at radius 3 is 2.45 bits per heavy atom. The third kappa shape index (κ3) is 3.95. The summed E-state index contributed by atoms with van der Waals surface area (Å²) in [5.41, 5.74) is -0.532. The van der Waals surface area contributed by atoms with Gasteiger partial charge in [-0.25, -0.2) is 9.59 Å². The van der Waals surface area contributed by atoms with E-state index in [1.54, 1.807) is 6.92 Å². The number of nitrogens with zero attached hydrogens (tertiary/aromatic N) is 1. The molecule has 0 heterocycles. The van der Waals surface area contributed by atoms with Crippen LogP contribution in [-0.2, 0) is 19.1 Å². The molecule has 0 saturated carbocycles. The lowest BCUT2D eigenvalue weighted by molar-refractivity contribution is -0.385. The van der Waals surface area contributed by atoms with Crippen molar-refractivity contribution in [1.82, 2.24) is 0 Å². The second kappa shape index (κ2) is 7.07. The van der Waals surface area contributed by atoms with Crippen LogP contribution in [0.15, 0.2) is 23.9 Å². The molecule has 1 aromatic rings. The van der Waals surface area contributed by atoms with E-state index in [0.29, 0.717) is 5.56 Å². The van der Waals surface area contributed by atoms with Crippen LogP contribution in [0.25, 0.3) is 0 Å². The van der Waals surface area contributed by atoms with Gasteiger partial charge in [-0.1, -0.05) is 0 Å². The molecule has 0 aliphatic heterocycles. The standard InChI is InChI=1S/C13H14N2O7/c1-7-4-8(12(17)10(5-7)15(19)20)14-9(13(18)22-3)6-11(16)21-2/h4-6,14,17H,1-3H3/b9-6+. The fraction of sp³-hybridized carbons (Fsp3) is 0.231. The number of nitro groups is 1. The minimum absolute atomic E-state index is 0.118. The van der Waals surface area contributed by atoms with Crippen molar-refractivity contribution >= 4 is 23.3 Å². The van der Waals surface area contributed by atoms with Gasteiger partial charge in [-0.2, -0.15) is 0 Å². The van der Waals surface area contributed by atoms with Crippen LogP contribution < -0.4 is 5.32 Å². The third-order valence-corrected chi connectivity index (χ3v) is 2.57. The zero-order valence-electron chi connectivity index (χ0n) is 12.1. The second-order valence-electron chi connectivity index (χ2n) is 4.14. The SMILES string of the molecule is COC(=O)/C=C(/Nc1cc(C)cc([N+](=O)[O-])c1O)C(=O)OC. The molecular formula is C13H14N2O7. The minimum atomic E-state index is -0.908. The highest BCUT2D eigenvalue weighted by atomic mass is 16.6. The summed E-state index contributed by atoms with van der Waals surface area (Å²) < 4.78 is 8.88. The largest absolute Gasteiger partial charge is 0.501 e. The molecule has 0 amide bonds. The number of methoxy groups -OCH3 is 2. The number of rotatable bonds is 5. The Morgan fingerprint density at radius 2 is 1.95 bits per heavy atom. The molecule has 22 heavy (non-hydrogen) atoms. The molecule has 0 fully saturated rings. The van der Waals surface area contributed by atoms with Gasteiger partial charge >= 0.3 is 17.6 Å². The van der Waals surface area contributed by atoms with Crippen molar-refractivity contribution in [2.75, 3.05) is 19.5 Å². The summed E-state index contributed by atoms with van der Waals surface area (Å²) in [4.78, 5) is 32.9. The molecule has 1 rings (SSSR count). The van der Waals surface area contributed by atoms with Crippen LogP contribution in [-0.4, -0.2) is 36.2 Å². The Labute approximate surface area is 125 Å². The van der Waals surface area contributed by atoms with Gasteiger partial charge in [0.15, 0.2) is 0 Å². The van der Waals surface area contributed by atoms with E-state index >= 15 is 0 Å². The van der Waals surface area contributed by atoms with Crippen molar-refractivity contribution in [2.24, 2.45) is 0 Å². The average Bonchev–Trinajstić information content (AvgIpc) is 2.48. The molecule has 0 atom stereocenters. The van der Waals surface area contributed by atoms with Gasteiger partial charge in [-0.05, 0) is 18.6 Å². The lowest BCUT2D eigenvalue weighted by Crippen LogP contribution is -2.15. The number of hydrogen-bond donors (Lipinski definition) is 2. The number of aromatic hydroxyl groups is 1. The van der Waals surface area contributed by atoms with Gasteiger partial charge in [0, 0.05) is 6.07 Å². The van der Waals surface area contributed by atoms with Gasteiger partial charge in [-0.3, -0.25) is 10.1 Å². The summed E-state index contributed by atoms with van der Waals surface area (Å²) >= 11 is 0. The van der Waals surface area contributed by atoms with Crippen LogP contribution in [0.5, 0.6) is 5.75 Å². The third-order valence-electron chi connectivity index (χ3n) is 2.57. The zero-order chi connectivity index (χ0) is 16.9. The number of aryl methyl sites for hydroxylation is 1. The maximum atomic E-state index is 11.6. The molecule has 118 valence electrons. The molecule has 0 aliphatic rings. The fourth-order valence-corrected chi connectivity index (χ4v) is 1.57. The summed E-state index contributed by atoms with van der Waals surface area (Å²) in [5.74, 6) is -2.42. The zero-order valence-corrected chi connectivity index (χ0v) is 12.1. The molecule has 0 unspecified atom stereocenters. The number of carbonyl (C=O) groups is 2. The molecule has 0 bridgehead atoms. The summed E-state index contributed by atoms with van der Waals surface area (Å²) in [6.07, 6.45) is 0.805. The Bertz CT molecular complexity index is 652. The van der Waals surface area contributed by atoms with Crippen LogP contribution in [0.4, 0.5) is 11.4 Å². The first-order valence-corrected chi connectivity index (χ1v) is 5.93. The van der Waals surface area contributed by atoms with Crippen molar-refractivity contribution in [3.05, 3.63) is 39.6 Å². The van der Waals surface area contributed by atoms with Crippen LogP contribution in [0, 0.1) is 17.0 Å². The molecule has 9 heteroatoms. The normalized spacial score (nSPS) is 10.8. The van der Waals surface area contributed by atoms with Crippen molar-refractivity contribution in [2.45, 2.75) is 6.92 Å². The number of anilines is 1. The first-order chi connectivity index (χ1) is 10.3. The Kier molecular flexibility index (Phi) is 5.44. The highest BCUT2D eigenvalue weighted by Gasteiger charge is 2.21. The van der Waals surface area contributed by atoms with E-state index in [-0.39, 0.29) is 11.4 Å². The van der Waals surface area contributed by atoms with Crippen molar-refractivity contribution < 1.29 is 29.1 Å². The number of nitro benzene ring substituents is 1. The van der Waals surface area contributed by atoms with E-state index in [1.807, 2.05) is 0 Å². The average molecular weight is 310 g/mol. The Balaban J connectivity index is 3.30. The Morgan fingerprint density at radius 1 is 1.32 bits per heavy atom. The maximum absolute atomic E-state index is 11.6. The fourth-order valence-electron chi connectivity index (χ4n) is 1.57. The first-order valence-electron chi connectivity index (χ1n) is 5.93. The highest BCUT2D eigenvalue weighted by molar-refractivity contribution is 5.99. The van der Waals surface area contributed by atoms with Crippen LogP contribution in [0.1, 0.15) is 5.56 Å². The molecule has 0 saturated heterocycles. The second-order valence-corrected chi connectivity index (χ2v) is 4.14. The molecule has 0 radical (unpaired) electrons. The number of phenolic OH excluding ortho intramolecular Hbond substituents is 1. The summed E-state index contributed by atoms with van der Waals surface area (Å²) in [7, 11) is 2.20. The van der Waals surface area contributed by atoms with Crippen molar-refractivity contribution in [1.29, 1.82) is 0 Å². The molecule has 0 aliphatic carbocycles. The van der Waals surface area contributed by atoms with E-state index in [2.05, 4.69) is 14.8 Å². The van der Waals surface area contributed by atoms with E-state index in [4.69, 9.17) is 0 Å². The number of ether oxygens (including phenoxy) is 2. The molecule has 0 spiro atoms. The lowest BCUT2D eigenvalue weighted by Gasteiger charge is -2.11. The summed E-state index contributed by atoms with van der Waals surface area (Å²) in [5, 5.41) is 23.2. The molecule has 0 aromatic heterocycles. The van der Waals surface area contributed by atoms with Crippen molar-refractivity contribution in [3.63, 3.8) is 0 Å². The van der Waals surface area contributed by atoms with E-state index in [1.165, 1.54) is 12.1 Å². The quantitative estimate of drug-likeness (QED) is 0.273. The first kappa shape index (κ1) is 17.0. The van der Waals surface area contributed by atoms with Crippen LogP contribution in [0.3, 0.4) is 0 Å². The number of phenols is 1. The number of benzene rings is 1. The monoisotopic (exact) mass is 310 g/mol. The van der Waals surface area contributed by atoms with Gasteiger partial charge in [0.25, 0.3) is 0 Å². The van der Waals surface area contributed by atoms with Crippen LogP contribution >= 0.6 is 0 Å². The summed E-state index contributed by atoms with van der Waals surface area (Å²) in [6, 6.07) is 2.54. The predicted molar refractivity (Wildman–Crippen MR) is 75.2 cm³/mol. The number of esters is 2. The van der Waals surface area contributed by atoms with Crippen molar-refractivity contribution in [3.8, 4) is 5.75 Å². The van der Waals surface area contributed by atoms with E-state index in [0.717, 1.165) is 20.3 Å². The summed E-state index contributed by atoms with van der Waals surface area (Å²) in [6.45, 7) is 1.57. The molecular weight excluding hydrogens is 296 g/mol. The molecule has 1 aromatic carbocycles. The smallest absolute Gasteiger partial charge is 0.354 e. The minimum Gasteiger partial charge on any atom is -0.501 e. The topological polar surface area (TPSA) is 128 Å². The maximum Gasteiger partial charge on any atom is 0.354 e. The molecule has 2 N–H and O–H groups in total. The van der Waals surface area contributed by atoms with Gasteiger partial charge in [0.1, 0.15) is 5.70 Å². The van der Waals surface area contributed by atoms with Crippen LogP contribution in [0.2, 0.25) is 0 Å². The highest BCUT2D eigenvalue weighted by Crippen LogP contribution is 2.35. The molecule has 9 nitrogen and oxygen atoms in total. The van der Waals surface area contributed by atoms with E-state index in [9.17, 15) is 24.8 Å². The van der Waals surface area contributed by atoms with E-state index < -0.39 is 28.3 Å². The van der Waals surface area contributed by atoms with Gasteiger partial charge in [0.2, 0.25) is 5.75 Å². The van der Waals surface area contributed by atoms with Gasteiger partial charge in [0.05, 0.1) is 30.9 Å². The predicted octanol–water partition coefficient (Wildman–Crippen LogP) is 1.25.